The highest BCUT2D eigenvalue weighted by Crippen LogP contribution is 2.53. The Morgan fingerprint density at radius 1 is 1.21 bits per heavy atom. The molecule has 0 aromatic rings. The molecule has 2 atom stereocenters. The molecule has 1 rings (SSSR count). The molecule has 0 aromatic carbocycles. The van der Waals surface area contributed by atoms with Crippen LogP contribution >= 0.6 is 21.6 Å². The molecular formula is C11H24OS2. The van der Waals surface area contributed by atoms with Crippen molar-refractivity contribution >= 4 is 21.6 Å². The molecule has 0 bridgehead atoms. The first-order valence-electron chi connectivity index (χ1n) is 5.36. The fraction of sp³-hybridized carbons (Fsp3) is 1.00. The van der Waals surface area contributed by atoms with Crippen LogP contribution in [0.4, 0.5) is 0 Å². The lowest BCUT2D eigenvalue weighted by Gasteiger charge is -2.28. The summed E-state index contributed by atoms with van der Waals surface area (Å²) in [5, 5.41) is 0.648. The van der Waals surface area contributed by atoms with Crippen LogP contribution < -0.4 is 0 Å². The normalized spacial score (nSPS) is 30.0. The Labute approximate surface area is 97.1 Å². The van der Waals surface area contributed by atoms with Crippen molar-refractivity contribution in [2.24, 2.45) is 5.92 Å². The van der Waals surface area contributed by atoms with Gasteiger partial charge in [-0.15, -0.1) is 0 Å². The first-order valence-corrected chi connectivity index (χ1v) is 7.57. The van der Waals surface area contributed by atoms with E-state index in [9.17, 15) is 0 Å². The molecule has 1 aliphatic rings. The van der Waals surface area contributed by atoms with Crippen LogP contribution in [-0.2, 0) is 4.74 Å². The lowest BCUT2D eigenvalue weighted by molar-refractivity contribution is 0.0698. The summed E-state index contributed by atoms with van der Waals surface area (Å²) in [6.45, 7) is 13.1. The van der Waals surface area contributed by atoms with Crippen molar-refractivity contribution in [1.29, 1.82) is 0 Å². The quantitative estimate of drug-likeness (QED) is 0.664. The van der Waals surface area contributed by atoms with Crippen LogP contribution in [-0.4, -0.2) is 23.2 Å². The van der Waals surface area contributed by atoms with E-state index in [0.717, 1.165) is 0 Å². The molecule has 0 N–H and O–H groups in total. The van der Waals surface area contributed by atoms with E-state index >= 15 is 0 Å². The minimum Gasteiger partial charge on any atom is -0.379 e. The predicted molar refractivity (Wildman–Crippen MR) is 70.0 cm³/mol. The Kier molecular flexibility index (Phi) is 6.58. The average molecular weight is 236 g/mol. The molecule has 0 saturated carbocycles. The third-order valence-corrected chi connectivity index (χ3v) is 6.28. The van der Waals surface area contributed by atoms with E-state index in [1.54, 1.807) is 0 Å². The van der Waals surface area contributed by atoms with E-state index in [-0.39, 0.29) is 4.75 Å². The number of ether oxygens (including phenoxy) is 1. The highest BCUT2D eigenvalue weighted by atomic mass is 33.1. The van der Waals surface area contributed by atoms with Gasteiger partial charge in [-0.3, -0.25) is 0 Å². The Bertz CT molecular complexity index is 157. The van der Waals surface area contributed by atoms with Crippen LogP contribution in [0.2, 0.25) is 0 Å². The zero-order valence-electron chi connectivity index (χ0n) is 10.5. The topological polar surface area (TPSA) is 9.23 Å². The molecule has 2 unspecified atom stereocenters. The zero-order valence-corrected chi connectivity index (χ0v) is 12.1. The van der Waals surface area contributed by atoms with Crippen LogP contribution in [0.5, 0.6) is 0 Å². The lowest BCUT2D eigenvalue weighted by atomic mass is 9.96. The summed E-state index contributed by atoms with van der Waals surface area (Å²) in [5.41, 5.74) is 0. The Morgan fingerprint density at radius 2 is 1.71 bits per heavy atom. The van der Waals surface area contributed by atoms with Crippen molar-refractivity contribution in [3.63, 3.8) is 0 Å². The molecule has 1 heterocycles. The van der Waals surface area contributed by atoms with Crippen molar-refractivity contribution in [1.82, 2.24) is 0 Å². The molecule has 0 amide bonds. The molecule has 0 aliphatic carbocycles. The average Bonchev–Trinajstić information content (AvgIpc) is 2.44. The molecule has 0 aromatic heterocycles. The third-order valence-electron chi connectivity index (χ3n) is 2.27. The van der Waals surface area contributed by atoms with Gasteiger partial charge in [0.05, 0.1) is 6.10 Å². The van der Waals surface area contributed by atoms with E-state index in [2.05, 4.69) is 27.7 Å². The van der Waals surface area contributed by atoms with Crippen molar-refractivity contribution in [3.05, 3.63) is 0 Å². The number of methoxy groups -OCH3 is 1. The second kappa shape index (κ2) is 6.29. The van der Waals surface area contributed by atoms with E-state index in [1.807, 2.05) is 42.5 Å². The van der Waals surface area contributed by atoms with E-state index in [1.165, 1.54) is 0 Å². The Morgan fingerprint density at radius 3 is 2.00 bits per heavy atom. The van der Waals surface area contributed by atoms with Crippen molar-refractivity contribution in [3.8, 4) is 0 Å². The summed E-state index contributed by atoms with van der Waals surface area (Å²) in [4.78, 5) is 0. The SMILES string of the molecule is CC.COC1C(C(C)C)SSC1(C)C. The third kappa shape index (κ3) is 3.35. The minimum atomic E-state index is 0.272. The highest BCUT2D eigenvalue weighted by molar-refractivity contribution is 8.77. The predicted octanol–water partition coefficient (Wildman–Crippen LogP) is 4.23. The number of hydrogen-bond acceptors (Lipinski definition) is 3. The minimum absolute atomic E-state index is 0.272. The summed E-state index contributed by atoms with van der Waals surface area (Å²) >= 11 is 0. The van der Waals surface area contributed by atoms with Gasteiger partial charge in [0, 0.05) is 17.1 Å². The van der Waals surface area contributed by atoms with Crippen LogP contribution in [0.15, 0.2) is 0 Å². The summed E-state index contributed by atoms with van der Waals surface area (Å²) in [6.07, 6.45) is 0.396. The molecule has 1 nitrogen and oxygen atoms in total. The second-order valence-electron chi connectivity index (χ2n) is 4.15. The molecule has 1 fully saturated rings. The Hall–Kier alpha value is 0.660. The molecule has 86 valence electrons. The van der Waals surface area contributed by atoms with E-state index in [0.29, 0.717) is 17.3 Å². The largest absolute Gasteiger partial charge is 0.379 e. The molecule has 3 heteroatoms. The molecular weight excluding hydrogens is 212 g/mol. The highest BCUT2D eigenvalue weighted by Gasteiger charge is 2.45. The maximum atomic E-state index is 5.56. The smallest absolute Gasteiger partial charge is 0.0850 e. The Balaban J connectivity index is 0.000000791. The van der Waals surface area contributed by atoms with Crippen LogP contribution in [0, 0.1) is 5.92 Å². The fourth-order valence-electron chi connectivity index (χ4n) is 1.55. The van der Waals surface area contributed by atoms with Crippen LogP contribution in [0.25, 0.3) is 0 Å². The van der Waals surface area contributed by atoms with Gasteiger partial charge in [0.15, 0.2) is 0 Å². The molecule has 0 spiro atoms. The standard InChI is InChI=1S/C9H18OS2.C2H6/c1-6(2)7-8(10-5)9(3,4)12-11-7;1-2/h6-8H,1-5H3;1-2H3. The van der Waals surface area contributed by atoms with Crippen molar-refractivity contribution in [2.75, 3.05) is 7.11 Å². The maximum Gasteiger partial charge on any atom is 0.0850 e. The van der Waals surface area contributed by atoms with Gasteiger partial charge in [0.1, 0.15) is 0 Å². The fourth-order valence-corrected chi connectivity index (χ4v) is 5.44. The summed E-state index contributed by atoms with van der Waals surface area (Å²) in [7, 11) is 5.77. The van der Waals surface area contributed by atoms with Crippen molar-refractivity contribution in [2.45, 2.75) is 57.6 Å². The lowest BCUT2D eigenvalue weighted by Crippen LogP contribution is -2.38. The van der Waals surface area contributed by atoms with E-state index in [4.69, 9.17) is 4.74 Å². The van der Waals surface area contributed by atoms with Crippen LogP contribution in [0.3, 0.4) is 0 Å². The van der Waals surface area contributed by atoms with E-state index < -0.39 is 0 Å². The van der Waals surface area contributed by atoms with Crippen LogP contribution in [0.1, 0.15) is 41.5 Å². The van der Waals surface area contributed by atoms with Gasteiger partial charge in [-0.25, -0.2) is 0 Å². The van der Waals surface area contributed by atoms with Crippen molar-refractivity contribution < 1.29 is 4.74 Å². The maximum absolute atomic E-state index is 5.56. The van der Waals surface area contributed by atoms with Gasteiger partial charge in [-0.2, -0.15) is 0 Å². The van der Waals surface area contributed by atoms with Gasteiger partial charge < -0.3 is 4.74 Å². The number of rotatable bonds is 2. The molecule has 1 saturated heterocycles. The van der Waals surface area contributed by atoms with Gasteiger partial charge in [-0.05, 0) is 19.8 Å². The first kappa shape index (κ1) is 14.7. The van der Waals surface area contributed by atoms with Gasteiger partial charge >= 0.3 is 0 Å². The zero-order chi connectivity index (χ0) is 11.4. The molecule has 1 aliphatic heterocycles. The second-order valence-corrected chi connectivity index (χ2v) is 7.18. The van der Waals surface area contributed by atoms with Gasteiger partial charge in [0.2, 0.25) is 0 Å². The first-order chi connectivity index (χ1) is 6.49. The molecule has 14 heavy (non-hydrogen) atoms. The summed E-state index contributed by atoms with van der Waals surface area (Å²) < 4.78 is 5.83. The summed E-state index contributed by atoms with van der Waals surface area (Å²) in [6, 6.07) is 0. The monoisotopic (exact) mass is 236 g/mol. The molecule has 0 radical (unpaired) electrons. The van der Waals surface area contributed by atoms with Gasteiger partial charge in [0.25, 0.3) is 0 Å². The van der Waals surface area contributed by atoms with Gasteiger partial charge in [-0.1, -0.05) is 49.3 Å². The summed E-state index contributed by atoms with van der Waals surface area (Å²) in [5.74, 6) is 0.703. The number of hydrogen-bond donors (Lipinski definition) is 0.